The van der Waals surface area contributed by atoms with Crippen LogP contribution in [0.1, 0.15) is 39.4 Å². The van der Waals surface area contributed by atoms with E-state index in [1.54, 1.807) is 30.0 Å². The van der Waals surface area contributed by atoms with Gasteiger partial charge in [0.05, 0.1) is 5.92 Å². The molecule has 0 unspecified atom stereocenters. The molecule has 1 heterocycles. The molecule has 0 aliphatic carbocycles. The number of halogens is 1. The number of hydrogen-bond donors (Lipinski definition) is 1. The standard InChI is InChI=1S/C28H29FN2O2/c1-20-16-23(12-13-26(20)29)24-17-25(27(32)30-15-14-21-8-4-2-5-9-21)19-31(18-24)28(33)22-10-6-3-7-11-22/h2-13,16,24-25H,14-15,17-19H2,1H3,(H,30,32)/t24-,25+/m1/s1. The van der Waals surface area contributed by atoms with E-state index in [1.807, 2.05) is 54.6 Å². The van der Waals surface area contributed by atoms with Crippen LogP contribution in [0.3, 0.4) is 0 Å². The molecule has 1 aliphatic rings. The predicted octanol–water partition coefficient (Wildman–Crippen LogP) is 4.74. The fourth-order valence-corrected chi connectivity index (χ4v) is 4.50. The highest BCUT2D eigenvalue weighted by molar-refractivity contribution is 5.94. The number of aryl methyl sites for hydroxylation is 1. The fourth-order valence-electron chi connectivity index (χ4n) is 4.50. The Kier molecular flexibility index (Phi) is 7.18. The van der Waals surface area contributed by atoms with Gasteiger partial charge >= 0.3 is 0 Å². The van der Waals surface area contributed by atoms with Gasteiger partial charge in [0.2, 0.25) is 5.91 Å². The minimum absolute atomic E-state index is 0.0319. The normalized spacial score (nSPS) is 18.1. The molecule has 2 atom stereocenters. The molecule has 0 radical (unpaired) electrons. The minimum Gasteiger partial charge on any atom is -0.355 e. The average Bonchev–Trinajstić information content (AvgIpc) is 2.86. The Labute approximate surface area is 194 Å². The van der Waals surface area contributed by atoms with Gasteiger partial charge in [0.25, 0.3) is 5.91 Å². The number of piperidine rings is 1. The number of rotatable bonds is 6. The van der Waals surface area contributed by atoms with Crippen LogP contribution in [0.25, 0.3) is 0 Å². The molecule has 1 saturated heterocycles. The van der Waals surface area contributed by atoms with Gasteiger partial charge in [-0.15, -0.1) is 0 Å². The largest absolute Gasteiger partial charge is 0.355 e. The van der Waals surface area contributed by atoms with Crippen molar-refractivity contribution in [1.82, 2.24) is 10.2 Å². The summed E-state index contributed by atoms with van der Waals surface area (Å²) in [6, 6.07) is 24.2. The van der Waals surface area contributed by atoms with E-state index in [1.165, 1.54) is 11.6 Å². The third-order valence-corrected chi connectivity index (χ3v) is 6.34. The molecular weight excluding hydrogens is 415 g/mol. The number of hydrogen-bond acceptors (Lipinski definition) is 2. The zero-order valence-corrected chi connectivity index (χ0v) is 18.8. The van der Waals surface area contributed by atoms with Gasteiger partial charge in [0, 0.05) is 31.1 Å². The van der Waals surface area contributed by atoms with Crippen molar-refractivity contribution in [2.75, 3.05) is 19.6 Å². The SMILES string of the molecule is Cc1cc([C@@H]2C[C@H](C(=O)NCCc3ccccc3)CN(C(=O)c3ccccc3)C2)ccc1F. The van der Waals surface area contributed by atoms with Crippen LogP contribution in [-0.2, 0) is 11.2 Å². The van der Waals surface area contributed by atoms with Gasteiger partial charge in [0.15, 0.2) is 0 Å². The summed E-state index contributed by atoms with van der Waals surface area (Å²) < 4.78 is 13.8. The Hall–Kier alpha value is -3.47. The van der Waals surface area contributed by atoms with Crippen molar-refractivity contribution in [2.24, 2.45) is 5.92 Å². The topological polar surface area (TPSA) is 49.4 Å². The lowest BCUT2D eigenvalue weighted by molar-refractivity contribution is -0.126. The first-order valence-electron chi connectivity index (χ1n) is 11.4. The molecule has 33 heavy (non-hydrogen) atoms. The van der Waals surface area contributed by atoms with E-state index in [0.717, 1.165) is 12.0 Å². The van der Waals surface area contributed by atoms with Crippen LogP contribution in [0.15, 0.2) is 78.9 Å². The van der Waals surface area contributed by atoms with Gasteiger partial charge < -0.3 is 10.2 Å². The fraction of sp³-hybridized carbons (Fsp3) is 0.286. The van der Waals surface area contributed by atoms with Crippen molar-refractivity contribution < 1.29 is 14.0 Å². The molecule has 3 aromatic carbocycles. The highest BCUT2D eigenvalue weighted by Crippen LogP contribution is 2.32. The Balaban J connectivity index is 1.50. The second kappa shape index (κ2) is 10.4. The molecule has 0 aromatic heterocycles. The number of nitrogens with zero attached hydrogens (tertiary/aromatic N) is 1. The van der Waals surface area contributed by atoms with E-state index in [9.17, 15) is 14.0 Å². The van der Waals surface area contributed by atoms with E-state index in [0.29, 0.717) is 37.2 Å². The molecule has 0 bridgehead atoms. The number of benzene rings is 3. The third-order valence-electron chi connectivity index (χ3n) is 6.34. The zero-order chi connectivity index (χ0) is 23.2. The van der Waals surface area contributed by atoms with Crippen LogP contribution in [-0.4, -0.2) is 36.3 Å². The molecule has 3 aromatic rings. The first-order chi connectivity index (χ1) is 16.0. The Bertz CT molecular complexity index is 1100. The van der Waals surface area contributed by atoms with Crippen LogP contribution >= 0.6 is 0 Å². The smallest absolute Gasteiger partial charge is 0.253 e. The van der Waals surface area contributed by atoms with Gasteiger partial charge in [-0.25, -0.2) is 4.39 Å². The van der Waals surface area contributed by atoms with Crippen LogP contribution in [0, 0.1) is 18.7 Å². The highest BCUT2D eigenvalue weighted by Gasteiger charge is 2.35. The summed E-state index contributed by atoms with van der Waals surface area (Å²) in [6.07, 6.45) is 1.38. The molecule has 5 heteroatoms. The van der Waals surface area contributed by atoms with E-state index in [2.05, 4.69) is 5.32 Å². The maximum absolute atomic E-state index is 13.8. The van der Waals surface area contributed by atoms with Crippen molar-refractivity contribution in [2.45, 2.75) is 25.7 Å². The van der Waals surface area contributed by atoms with Crippen LogP contribution in [0.2, 0.25) is 0 Å². The predicted molar refractivity (Wildman–Crippen MR) is 127 cm³/mol. The van der Waals surface area contributed by atoms with Crippen molar-refractivity contribution in [3.8, 4) is 0 Å². The summed E-state index contributed by atoms with van der Waals surface area (Å²) in [6.45, 7) is 3.17. The molecule has 170 valence electrons. The van der Waals surface area contributed by atoms with Gasteiger partial charge in [0.1, 0.15) is 5.82 Å². The summed E-state index contributed by atoms with van der Waals surface area (Å²) in [5, 5.41) is 3.06. The quantitative estimate of drug-likeness (QED) is 0.597. The maximum atomic E-state index is 13.8. The second-order valence-electron chi connectivity index (χ2n) is 8.74. The third kappa shape index (κ3) is 5.67. The number of carbonyl (C=O) groups is 2. The summed E-state index contributed by atoms with van der Waals surface area (Å²) in [5.74, 6) is -0.725. The van der Waals surface area contributed by atoms with E-state index < -0.39 is 0 Å². The van der Waals surface area contributed by atoms with Crippen molar-refractivity contribution >= 4 is 11.8 Å². The average molecular weight is 445 g/mol. The van der Waals surface area contributed by atoms with Crippen molar-refractivity contribution in [3.05, 3.63) is 107 Å². The zero-order valence-electron chi connectivity index (χ0n) is 18.8. The molecule has 4 rings (SSSR count). The van der Waals surface area contributed by atoms with E-state index in [4.69, 9.17) is 0 Å². The number of nitrogens with one attached hydrogen (secondary N) is 1. The van der Waals surface area contributed by atoms with Crippen LogP contribution < -0.4 is 5.32 Å². The first-order valence-corrected chi connectivity index (χ1v) is 11.4. The van der Waals surface area contributed by atoms with Gasteiger partial charge in [-0.05, 0) is 54.7 Å². The minimum atomic E-state index is -0.322. The summed E-state index contributed by atoms with van der Waals surface area (Å²) in [7, 11) is 0. The summed E-state index contributed by atoms with van der Waals surface area (Å²) in [4.78, 5) is 28.0. The van der Waals surface area contributed by atoms with Crippen molar-refractivity contribution in [3.63, 3.8) is 0 Å². The molecule has 0 saturated carbocycles. The van der Waals surface area contributed by atoms with Gasteiger partial charge in [-0.2, -0.15) is 0 Å². The number of amides is 2. The van der Waals surface area contributed by atoms with Gasteiger partial charge in [-0.3, -0.25) is 9.59 Å². The lowest BCUT2D eigenvalue weighted by atomic mass is 9.83. The van der Waals surface area contributed by atoms with Gasteiger partial charge in [-0.1, -0.05) is 60.7 Å². The van der Waals surface area contributed by atoms with Crippen LogP contribution in [0.5, 0.6) is 0 Å². The highest BCUT2D eigenvalue weighted by atomic mass is 19.1. The van der Waals surface area contributed by atoms with E-state index >= 15 is 0 Å². The Morgan fingerprint density at radius 2 is 1.67 bits per heavy atom. The molecule has 4 nitrogen and oxygen atoms in total. The Morgan fingerprint density at radius 3 is 2.36 bits per heavy atom. The number of likely N-dealkylation sites (tertiary alicyclic amines) is 1. The molecule has 0 spiro atoms. The summed E-state index contributed by atoms with van der Waals surface area (Å²) in [5.41, 5.74) is 3.31. The molecule has 1 aliphatic heterocycles. The molecular formula is C28H29FN2O2. The maximum Gasteiger partial charge on any atom is 0.253 e. The summed E-state index contributed by atoms with van der Waals surface area (Å²) >= 11 is 0. The van der Waals surface area contributed by atoms with Crippen molar-refractivity contribution in [1.29, 1.82) is 0 Å². The molecule has 1 fully saturated rings. The van der Waals surface area contributed by atoms with E-state index in [-0.39, 0.29) is 29.5 Å². The number of carbonyl (C=O) groups excluding carboxylic acids is 2. The first kappa shape index (κ1) is 22.7. The Morgan fingerprint density at radius 1 is 0.970 bits per heavy atom. The molecule has 2 amide bonds. The van der Waals surface area contributed by atoms with Crippen LogP contribution in [0.4, 0.5) is 4.39 Å². The second-order valence-corrected chi connectivity index (χ2v) is 8.74. The lowest BCUT2D eigenvalue weighted by Gasteiger charge is -2.37. The monoisotopic (exact) mass is 444 g/mol. The molecule has 1 N–H and O–H groups in total. The lowest BCUT2D eigenvalue weighted by Crippen LogP contribution is -2.48.